The average molecular weight is 490 g/mol. The van der Waals surface area contributed by atoms with Crippen molar-refractivity contribution in [3.8, 4) is 11.1 Å². The largest absolute Gasteiger partial charge is 0.369 e. The van der Waals surface area contributed by atoms with Crippen LogP contribution >= 0.6 is 0 Å². The second kappa shape index (κ2) is 10.9. The summed E-state index contributed by atoms with van der Waals surface area (Å²) in [7, 11) is 1.94. The maximum absolute atomic E-state index is 13.3. The highest BCUT2D eigenvalue weighted by Crippen LogP contribution is 2.24. The van der Waals surface area contributed by atoms with Crippen LogP contribution in [0.5, 0.6) is 0 Å². The van der Waals surface area contributed by atoms with Crippen molar-refractivity contribution in [2.24, 2.45) is 0 Å². The van der Waals surface area contributed by atoms with Crippen molar-refractivity contribution < 1.29 is 8.42 Å². The van der Waals surface area contributed by atoms with Crippen molar-refractivity contribution in [2.75, 3.05) is 39.5 Å². The molecule has 0 unspecified atom stereocenters. The van der Waals surface area contributed by atoms with Crippen molar-refractivity contribution >= 4 is 26.7 Å². The Morgan fingerprint density at radius 2 is 1.46 bits per heavy atom. The monoisotopic (exact) mass is 489 g/mol. The lowest BCUT2D eigenvalue weighted by molar-refractivity contribution is 0.405. The van der Waals surface area contributed by atoms with Gasteiger partial charge in [0.25, 0.3) is 0 Å². The van der Waals surface area contributed by atoms with Gasteiger partial charge in [-0.2, -0.15) is 4.31 Å². The molecule has 7 nitrogen and oxygen atoms in total. The summed E-state index contributed by atoms with van der Waals surface area (Å²) in [5.74, 6) is 1.17. The Hall–Kier alpha value is -3.33. The van der Waals surface area contributed by atoms with Crippen LogP contribution in [-0.4, -0.2) is 61.8 Å². The molecule has 0 saturated heterocycles. The highest BCUT2D eigenvalue weighted by Gasteiger charge is 2.22. The standard InChI is InChI=1S/C27H31N5O2S/c1-31(2)19-9-18-28-27-24-12-7-8-13-25(24)29-26(30-27)20-32(3)35(33,34)23-16-14-22(15-17-23)21-10-5-4-6-11-21/h4-8,10-17H,9,18-20H2,1-3H3,(H,28,29,30). The maximum Gasteiger partial charge on any atom is 0.243 e. The van der Waals surface area contributed by atoms with E-state index in [4.69, 9.17) is 0 Å². The molecule has 0 aliphatic heterocycles. The van der Waals surface area contributed by atoms with E-state index in [9.17, 15) is 8.42 Å². The quantitative estimate of drug-likeness (QED) is 0.331. The van der Waals surface area contributed by atoms with E-state index >= 15 is 0 Å². The molecule has 182 valence electrons. The van der Waals surface area contributed by atoms with Crippen LogP contribution in [0.3, 0.4) is 0 Å². The van der Waals surface area contributed by atoms with Gasteiger partial charge in [0, 0.05) is 19.0 Å². The highest BCUT2D eigenvalue weighted by molar-refractivity contribution is 7.89. The third kappa shape index (κ3) is 6.03. The molecule has 8 heteroatoms. The molecular weight excluding hydrogens is 458 g/mol. The second-order valence-electron chi connectivity index (χ2n) is 8.74. The molecule has 0 atom stereocenters. The number of sulfonamides is 1. The number of nitrogens with zero attached hydrogens (tertiary/aromatic N) is 4. The van der Waals surface area contributed by atoms with Gasteiger partial charge in [0.05, 0.1) is 17.0 Å². The molecule has 0 aliphatic rings. The summed E-state index contributed by atoms with van der Waals surface area (Å²) in [6.07, 6.45) is 0.966. The van der Waals surface area contributed by atoms with E-state index in [2.05, 4.69) is 20.2 Å². The van der Waals surface area contributed by atoms with Crippen molar-refractivity contribution in [2.45, 2.75) is 17.9 Å². The number of para-hydroxylation sites is 1. The summed E-state index contributed by atoms with van der Waals surface area (Å²) < 4.78 is 27.8. The first kappa shape index (κ1) is 24.8. The average Bonchev–Trinajstić information content (AvgIpc) is 2.87. The molecule has 0 aliphatic carbocycles. The SMILES string of the molecule is CN(C)CCCNc1nc(CN(C)S(=O)(=O)c2ccc(-c3ccccc3)cc2)nc2ccccc12. The molecule has 4 aromatic rings. The predicted molar refractivity (Wildman–Crippen MR) is 142 cm³/mol. The number of hydrogen-bond donors (Lipinski definition) is 1. The summed E-state index contributed by atoms with van der Waals surface area (Å²) in [6.45, 7) is 1.80. The maximum atomic E-state index is 13.3. The van der Waals surface area contributed by atoms with Gasteiger partial charge in [-0.15, -0.1) is 0 Å². The fourth-order valence-electron chi connectivity index (χ4n) is 3.85. The van der Waals surface area contributed by atoms with Crippen LogP contribution < -0.4 is 5.32 Å². The van der Waals surface area contributed by atoms with Gasteiger partial charge in [-0.1, -0.05) is 54.6 Å². The first-order valence-corrected chi connectivity index (χ1v) is 13.0. The molecule has 1 heterocycles. The van der Waals surface area contributed by atoms with E-state index in [1.807, 2.05) is 80.8 Å². The summed E-state index contributed by atoms with van der Waals surface area (Å²) >= 11 is 0. The van der Waals surface area contributed by atoms with Gasteiger partial charge < -0.3 is 10.2 Å². The first-order chi connectivity index (χ1) is 16.8. The van der Waals surface area contributed by atoms with Crippen LogP contribution in [-0.2, 0) is 16.6 Å². The topological polar surface area (TPSA) is 78.4 Å². The fourth-order valence-corrected chi connectivity index (χ4v) is 4.97. The van der Waals surface area contributed by atoms with E-state index in [-0.39, 0.29) is 11.4 Å². The number of benzene rings is 3. The first-order valence-electron chi connectivity index (χ1n) is 11.6. The van der Waals surface area contributed by atoms with Gasteiger partial charge in [0.15, 0.2) is 0 Å². The van der Waals surface area contributed by atoms with Crippen LogP contribution in [0, 0.1) is 0 Å². The summed E-state index contributed by atoms with van der Waals surface area (Å²) in [5, 5.41) is 4.32. The van der Waals surface area contributed by atoms with E-state index in [1.54, 1.807) is 19.2 Å². The minimum Gasteiger partial charge on any atom is -0.369 e. The lowest BCUT2D eigenvalue weighted by Crippen LogP contribution is -2.27. The fraction of sp³-hybridized carbons (Fsp3) is 0.259. The molecule has 1 N–H and O–H groups in total. The Labute approximate surface area is 207 Å². The predicted octanol–water partition coefficient (Wildman–Crippen LogP) is 4.48. The van der Waals surface area contributed by atoms with Gasteiger partial charge in [-0.3, -0.25) is 0 Å². The van der Waals surface area contributed by atoms with Crippen molar-refractivity contribution in [3.05, 3.63) is 84.7 Å². The van der Waals surface area contributed by atoms with Crippen molar-refractivity contribution in [3.63, 3.8) is 0 Å². The summed E-state index contributed by atoms with van der Waals surface area (Å²) in [4.78, 5) is 11.7. The molecule has 0 fully saturated rings. The van der Waals surface area contributed by atoms with Gasteiger partial charge in [-0.25, -0.2) is 18.4 Å². The number of nitrogens with one attached hydrogen (secondary N) is 1. The number of fused-ring (bicyclic) bond motifs is 1. The van der Waals surface area contributed by atoms with E-state index in [0.717, 1.165) is 47.4 Å². The molecule has 3 aromatic carbocycles. The molecule has 0 amide bonds. The number of rotatable bonds is 10. The third-order valence-corrected chi connectivity index (χ3v) is 7.58. The lowest BCUT2D eigenvalue weighted by atomic mass is 10.1. The molecule has 0 radical (unpaired) electrons. The van der Waals surface area contributed by atoms with Crippen molar-refractivity contribution in [1.82, 2.24) is 19.2 Å². The number of aromatic nitrogens is 2. The number of anilines is 1. The zero-order valence-electron chi connectivity index (χ0n) is 20.3. The van der Waals surface area contributed by atoms with Crippen LogP contribution in [0.2, 0.25) is 0 Å². The lowest BCUT2D eigenvalue weighted by Gasteiger charge is -2.18. The molecule has 0 spiro atoms. The Bertz CT molecular complexity index is 1370. The van der Waals surface area contributed by atoms with Crippen LogP contribution in [0.15, 0.2) is 83.8 Å². The molecule has 1 aromatic heterocycles. The third-order valence-electron chi connectivity index (χ3n) is 5.76. The minimum absolute atomic E-state index is 0.0694. The number of hydrogen-bond acceptors (Lipinski definition) is 6. The Morgan fingerprint density at radius 1 is 0.800 bits per heavy atom. The Morgan fingerprint density at radius 3 is 2.17 bits per heavy atom. The van der Waals surface area contributed by atoms with Crippen LogP contribution in [0.4, 0.5) is 5.82 Å². The van der Waals surface area contributed by atoms with Crippen LogP contribution in [0.25, 0.3) is 22.0 Å². The molecule has 0 bridgehead atoms. The second-order valence-corrected chi connectivity index (χ2v) is 10.8. The van der Waals surface area contributed by atoms with Gasteiger partial charge >= 0.3 is 0 Å². The Kier molecular flexibility index (Phi) is 7.75. The van der Waals surface area contributed by atoms with E-state index < -0.39 is 10.0 Å². The van der Waals surface area contributed by atoms with E-state index in [1.165, 1.54) is 4.31 Å². The molecule has 4 rings (SSSR count). The Balaban J connectivity index is 1.53. The van der Waals surface area contributed by atoms with E-state index in [0.29, 0.717) is 5.82 Å². The van der Waals surface area contributed by atoms with Gasteiger partial charge in [-0.05, 0) is 62.5 Å². The molecular formula is C27H31N5O2S. The summed E-state index contributed by atoms with van der Waals surface area (Å²) in [6, 6.07) is 24.6. The van der Waals surface area contributed by atoms with Gasteiger partial charge in [0.1, 0.15) is 11.6 Å². The zero-order chi connectivity index (χ0) is 24.8. The molecule has 35 heavy (non-hydrogen) atoms. The highest BCUT2D eigenvalue weighted by atomic mass is 32.2. The normalized spacial score (nSPS) is 11.9. The van der Waals surface area contributed by atoms with Crippen LogP contribution in [0.1, 0.15) is 12.2 Å². The summed E-state index contributed by atoms with van der Waals surface area (Å²) in [5.41, 5.74) is 2.79. The van der Waals surface area contributed by atoms with Crippen molar-refractivity contribution in [1.29, 1.82) is 0 Å². The molecule has 0 saturated carbocycles. The van der Waals surface area contributed by atoms with Gasteiger partial charge in [0.2, 0.25) is 10.0 Å². The minimum atomic E-state index is -3.71. The smallest absolute Gasteiger partial charge is 0.243 e. The zero-order valence-corrected chi connectivity index (χ0v) is 21.2.